The van der Waals surface area contributed by atoms with E-state index in [1.807, 2.05) is 16.9 Å². The fraction of sp³-hybridized carbons (Fsp3) is 0.318. The van der Waals surface area contributed by atoms with E-state index >= 15 is 0 Å². The molecule has 1 aromatic heterocycles. The van der Waals surface area contributed by atoms with Crippen molar-refractivity contribution in [2.45, 2.75) is 30.5 Å². The summed E-state index contributed by atoms with van der Waals surface area (Å²) in [6.07, 6.45) is 2.00. The molecule has 0 radical (unpaired) electrons. The molecule has 0 saturated carbocycles. The van der Waals surface area contributed by atoms with E-state index in [1.54, 1.807) is 37.7 Å². The third-order valence-electron chi connectivity index (χ3n) is 4.87. The first-order valence-corrected chi connectivity index (χ1v) is 13.6. The van der Waals surface area contributed by atoms with Crippen molar-refractivity contribution in [3.8, 4) is 0 Å². The first-order chi connectivity index (χ1) is 15.2. The third kappa shape index (κ3) is 4.97. The van der Waals surface area contributed by atoms with Crippen LogP contribution in [0, 0.1) is 0 Å². The van der Waals surface area contributed by atoms with E-state index in [4.69, 9.17) is 4.74 Å². The number of carbonyl (C=O) groups is 2. The summed E-state index contributed by atoms with van der Waals surface area (Å²) in [5, 5.41) is -0.544. The number of aromatic nitrogens is 1. The number of thiazole rings is 1. The Kier molecular flexibility index (Phi) is 7.58. The Bertz CT molecular complexity index is 1320. The summed E-state index contributed by atoms with van der Waals surface area (Å²) in [4.78, 5) is 29.7. The van der Waals surface area contributed by atoms with Gasteiger partial charge in [-0.2, -0.15) is 16.8 Å². The molecule has 1 heterocycles. The van der Waals surface area contributed by atoms with E-state index in [0.29, 0.717) is 22.5 Å². The lowest BCUT2D eigenvalue weighted by molar-refractivity contribution is 0.0600. The van der Waals surface area contributed by atoms with Crippen LogP contribution in [0.1, 0.15) is 34.6 Å². The molecule has 0 aliphatic carbocycles. The summed E-state index contributed by atoms with van der Waals surface area (Å²) < 4.78 is 32.2. The molecule has 3 rings (SSSR count). The molecule has 10 heteroatoms. The summed E-state index contributed by atoms with van der Waals surface area (Å²) in [6.45, 7) is 3.88. The van der Waals surface area contributed by atoms with Crippen molar-refractivity contribution < 1.29 is 22.7 Å². The molecule has 2 aromatic carbocycles. The number of methoxy groups -OCH3 is 1. The van der Waals surface area contributed by atoms with Gasteiger partial charge in [-0.05, 0) is 62.6 Å². The van der Waals surface area contributed by atoms with Crippen molar-refractivity contribution in [2.24, 2.45) is 4.99 Å². The molecule has 0 atom stereocenters. The van der Waals surface area contributed by atoms with Crippen molar-refractivity contribution in [1.82, 2.24) is 4.57 Å². The van der Waals surface area contributed by atoms with Gasteiger partial charge in [-0.25, -0.2) is 13.2 Å². The van der Waals surface area contributed by atoms with Crippen LogP contribution in [0.15, 0.2) is 52.4 Å². The Balaban J connectivity index is 2.04. The van der Waals surface area contributed by atoms with Crippen LogP contribution in [-0.2, 0) is 21.1 Å². The van der Waals surface area contributed by atoms with Crippen LogP contribution in [-0.4, -0.2) is 49.2 Å². The Morgan fingerprint density at radius 1 is 1.12 bits per heavy atom. The topological polar surface area (TPSA) is 94.8 Å². The van der Waals surface area contributed by atoms with Gasteiger partial charge in [0.2, 0.25) is 0 Å². The lowest BCUT2D eigenvalue weighted by Gasteiger charge is -2.07. The monoisotopic (exact) mass is 492 g/mol. The Hall–Kier alpha value is -2.43. The highest BCUT2D eigenvalue weighted by molar-refractivity contribution is 7.98. The second kappa shape index (κ2) is 10.0. The van der Waals surface area contributed by atoms with Gasteiger partial charge in [0.05, 0.1) is 33.0 Å². The molecule has 1 amide bonds. The fourth-order valence-corrected chi connectivity index (χ4v) is 5.53. The quantitative estimate of drug-likeness (QED) is 0.466. The first kappa shape index (κ1) is 24.2. The first-order valence-electron chi connectivity index (χ1n) is 9.82. The standard InChI is InChI=1S/C22H24N2O5S3/c1-14(2)32(27,28)17-8-5-15(6-9-17)20(25)23-22-24(11-12-30-4)18-10-7-16(21(26)29-3)13-19(18)31-22/h5-10,13-14H,11-12H2,1-4H3. The maximum Gasteiger partial charge on any atom is 0.337 e. The number of carbonyl (C=O) groups excluding carboxylic acids is 2. The molecule has 0 N–H and O–H groups in total. The van der Waals surface area contributed by atoms with Crippen LogP contribution in [0.25, 0.3) is 10.2 Å². The molecule has 0 bridgehead atoms. The number of sulfone groups is 1. The lowest BCUT2D eigenvalue weighted by atomic mass is 10.2. The Morgan fingerprint density at radius 2 is 1.78 bits per heavy atom. The normalized spacial score (nSPS) is 12.5. The minimum Gasteiger partial charge on any atom is -0.465 e. The van der Waals surface area contributed by atoms with Gasteiger partial charge in [-0.15, -0.1) is 0 Å². The van der Waals surface area contributed by atoms with E-state index < -0.39 is 27.0 Å². The average molecular weight is 493 g/mol. The molecule has 0 aliphatic heterocycles. The van der Waals surface area contributed by atoms with Crippen LogP contribution < -0.4 is 4.80 Å². The number of hydrogen-bond acceptors (Lipinski definition) is 7. The molecule has 170 valence electrons. The molecule has 0 saturated heterocycles. The van der Waals surface area contributed by atoms with Crippen LogP contribution in [0.5, 0.6) is 0 Å². The van der Waals surface area contributed by atoms with Gasteiger partial charge in [0.1, 0.15) is 0 Å². The highest BCUT2D eigenvalue weighted by Gasteiger charge is 2.19. The second-order valence-corrected chi connectivity index (χ2v) is 11.7. The van der Waals surface area contributed by atoms with Gasteiger partial charge in [-0.3, -0.25) is 4.79 Å². The van der Waals surface area contributed by atoms with Gasteiger partial charge in [0.25, 0.3) is 5.91 Å². The lowest BCUT2D eigenvalue weighted by Crippen LogP contribution is -2.18. The summed E-state index contributed by atoms with van der Waals surface area (Å²) in [5.41, 5.74) is 1.61. The van der Waals surface area contributed by atoms with Gasteiger partial charge in [0, 0.05) is 17.9 Å². The number of ether oxygens (including phenoxy) is 1. The van der Waals surface area contributed by atoms with Crippen molar-refractivity contribution in [3.05, 3.63) is 58.4 Å². The van der Waals surface area contributed by atoms with Gasteiger partial charge >= 0.3 is 5.97 Å². The molecule has 0 spiro atoms. The zero-order valence-electron chi connectivity index (χ0n) is 18.2. The predicted molar refractivity (Wildman–Crippen MR) is 128 cm³/mol. The number of esters is 1. The van der Waals surface area contributed by atoms with E-state index in [0.717, 1.165) is 16.0 Å². The van der Waals surface area contributed by atoms with Crippen LogP contribution in [0.2, 0.25) is 0 Å². The number of nitrogens with zero attached hydrogens (tertiary/aromatic N) is 2. The summed E-state index contributed by atoms with van der Waals surface area (Å²) in [6, 6.07) is 11.1. The van der Waals surface area contributed by atoms with Gasteiger partial charge in [0.15, 0.2) is 14.6 Å². The second-order valence-electron chi connectivity index (χ2n) is 7.24. The molecule has 7 nitrogen and oxygen atoms in total. The maximum atomic E-state index is 12.8. The number of benzene rings is 2. The maximum absolute atomic E-state index is 12.8. The van der Waals surface area contributed by atoms with Crippen molar-refractivity contribution in [2.75, 3.05) is 19.1 Å². The minimum absolute atomic E-state index is 0.177. The summed E-state index contributed by atoms with van der Waals surface area (Å²) in [5.74, 6) is -0.0635. The zero-order valence-corrected chi connectivity index (χ0v) is 20.6. The van der Waals surface area contributed by atoms with Gasteiger partial charge < -0.3 is 9.30 Å². The van der Waals surface area contributed by atoms with Crippen molar-refractivity contribution in [3.63, 3.8) is 0 Å². The highest BCUT2D eigenvalue weighted by Crippen LogP contribution is 2.21. The molecule has 0 unspecified atom stereocenters. The number of rotatable bonds is 7. The number of thioether (sulfide) groups is 1. The van der Waals surface area contributed by atoms with Crippen LogP contribution in [0.3, 0.4) is 0 Å². The van der Waals surface area contributed by atoms with Crippen molar-refractivity contribution >= 4 is 55.0 Å². The van der Waals surface area contributed by atoms with Crippen LogP contribution in [0.4, 0.5) is 0 Å². The highest BCUT2D eigenvalue weighted by atomic mass is 32.2. The SMILES string of the molecule is COC(=O)c1ccc2c(c1)sc(=NC(=O)c1ccc(S(=O)(=O)C(C)C)cc1)n2CCSC. The van der Waals surface area contributed by atoms with E-state index in [-0.39, 0.29) is 4.90 Å². The van der Waals surface area contributed by atoms with Crippen LogP contribution >= 0.6 is 23.1 Å². The van der Waals surface area contributed by atoms with E-state index in [1.165, 1.54) is 42.7 Å². The third-order valence-corrected chi connectivity index (χ3v) is 8.67. The Labute approximate surface area is 195 Å². The molecular formula is C22H24N2O5S3. The van der Waals surface area contributed by atoms with E-state index in [2.05, 4.69) is 4.99 Å². The van der Waals surface area contributed by atoms with Crippen molar-refractivity contribution in [1.29, 1.82) is 0 Å². The number of hydrogen-bond donors (Lipinski definition) is 0. The number of aryl methyl sites for hydroxylation is 1. The zero-order chi connectivity index (χ0) is 23.5. The number of fused-ring (bicyclic) bond motifs is 1. The molecule has 32 heavy (non-hydrogen) atoms. The molecule has 0 aliphatic rings. The Morgan fingerprint density at radius 3 is 2.38 bits per heavy atom. The van der Waals surface area contributed by atoms with Gasteiger partial charge in [-0.1, -0.05) is 11.3 Å². The molecule has 0 fully saturated rings. The fourth-order valence-electron chi connectivity index (χ4n) is 3.01. The number of amides is 1. The predicted octanol–water partition coefficient (Wildman–Crippen LogP) is 3.78. The molecule has 3 aromatic rings. The minimum atomic E-state index is -3.41. The average Bonchev–Trinajstić information content (AvgIpc) is 3.12. The summed E-state index contributed by atoms with van der Waals surface area (Å²) >= 11 is 2.99. The smallest absolute Gasteiger partial charge is 0.337 e. The summed E-state index contributed by atoms with van der Waals surface area (Å²) in [7, 11) is -2.08. The van der Waals surface area contributed by atoms with E-state index in [9.17, 15) is 18.0 Å². The molecular weight excluding hydrogens is 468 g/mol. The largest absolute Gasteiger partial charge is 0.465 e.